The van der Waals surface area contributed by atoms with Crippen molar-refractivity contribution in [2.24, 2.45) is 0 Å². The van der Waals surface area contributed by atoms with Crippen molar-refractivity contribution in [1.29, 1.82) is 0 Å². The topological polar surface area (TPSA) is 87.0 Å². The fraction of sp³-hybridized carbons (Fsp3) is 0.241. The Balaban J connectivity index is 1.39. The van der Waals surface area contributed by atoms with Crippen molar-refractivity contribution in [3.05, 3.63) is 89.1 Å². The summed E-state index contributed by atoms with van der Waals surface area (Å²) >= 11 is 0. The van der Waals surface area contributed by atoms with Gasteiger partial charge in [0.2, 0.25) is 0 Å². The molecule has 0 aliphatic carbocycles. The van der Waals surface area contributed by atoms with Gasteiger partial charge < -0.3 is 19.3 Å². The minimum Gasteiger partial charge on any atom is -0.494 e. The summed E-state index contributed by atoms with van der Waals surface area (Å²) < 4.78 is 18.1. The van der Waals surface area contributed by atoms with E-state index in [4.69, 9.17) is 14.2 Å². The molecule has 0 saturated carbocycles. The van der Waals surface area contributed by atoms with Crippen LogP contribution in [-0.2, 0) is 17.6 Å². The summed E-state index contributed by atoms with van der Waals surface area (Å²) in [5, 5.41) is 9.97. The highest BCUT2D eigenvalue weighted by Crippen LogP contribution is 2.28. The number of fused-ring (bicyclic) bond motifs is 1. The molecule has 7 nitrogen and oxygen atoms in total. The van der Waals surface area contributed by atoms with Crippen LogP contribution in [-0.4, -0.2) is 42.4 Å². The fourth-order valence-corrected chi connectivity index (χ4v) is 4.34. The van der Waals surface area contributed by atoms with Crippen LogP contribution in [0.1, 0.15) is 33.6 Å². The van der Waals surface area contributed by atoms with Gasteiger partial charge in [0.05, 0.1) is 32.8 Å². The molecule has 0 unspecified atom stereocenters. The number of carbonyl (C=O) groups excluding carboxylic acids is 1. The Bertz CT molecular complexity index is 1390. The fourth-order valence-electron chi connectivity index (χ4n) is 4.34. The SMILES string of the molecule is COc1ccc(CCCOc2ccc(C(=O)n3c(C)cc4c(CC(=O)O)cccc43)cc2)cc1OC. The molecule has 7 heteroatoms. The van der Waals surface area contributed by atoms with Crippen LogP contribution in [0.5, 0.6) is 17.2 Å². The third-order valence-corrected chi connectivity index (χ3v) is 6.09. The van der Waals surface area contributed by atoms with Crippen LogP contribution in [0.25, 0.3) is 10.9 Å². The number of carboxylic acids is 1. The van der Waals surface area contributed by atoms with E-state index in [1.54, 1.807) is 55.2 Å². The Hall–Kier alpha value is -4.26. The second-order valence-corrected chi connectivity index (χ2v) is 8.51. The predicted molar refractivity (Wildman–Crippen MR) is 138 cm³/mol. The van der Waals surface area contributed by atoms with E-state index in [0.29, 0.717) is 40.5 Å². The summed E-state index contributed by atoms with van der Waals surface area (Å²) in [5.41, 5.74) is 3.80. The summed E-state index contributed by atoms with van der Waals surface area (Å²) in [5.74, 6) is 1.03. The summed E-state index contributed by atoms with van der Waals surface area (Å²) in [6.45, 7) is 2.38. The number of hydrogen-bond acceptors (Lipinski definition) is 5. The Kier molecular flexibility index (Phi) is 7.59. The lowest BCUT2D eigenvalue weighted by molar-refractivity contribution is -0.136. The second-order valence-electron chi connectivity index (χ2n) is 8.51. The maximum atomic E-state index is 13.3. The van der Waals surface area contributed by atoms with Crippen LogP contribution in [0.15, 0.2) is 66.7 Å². The van der Waals surface area contributed by atoms with Gasteiger partial charge in [0.1, 0.15) is 5.75 Å². The number of rotatable bonds is 10. The van der Waals surface area contributed by atoms with Gasteiger partial charge in [0.25, 0.3) is 5.91 Å². The quantitative estimate of drug-likeness (QED) is 0.306. The van der Waals surface area contributed by atoms with Gasteiger partial charge in [-0.25, -0.2) is 0 Å². The van der Waals surface area contributed by atoms with E-state index < -0.39 is 5.97 Å². The van der Waals surface area contributed by atoms with Crippen molar-refractivity contribution < 1.29 is 28.9 Å². The van der Waals surface area contributed by atoms with Crippen LogP contribution in [0.3, 0.4) is 0 Å². The number of hydrogen-bond donors (Lipinski definition) is 1. The molecule has 0 aliphatic rings. The molecule has 3 aromatic carbocycles. The van der Waals surface area contributed by atoms with E-state index in [0.717, 1.165) is 29.5 Å². The van der Waals surface area contributed by atoms with Crippen molar-refractivity contribution in [2.75, 3.05) is 20.8 Å². The lowest BCUT2D eigenvalue weighted by Gasteiger charge is -2.11. The first kappa shape index (κ1) is 24.9. The van der Waals surface area contributed by atoms with E-state index in [1.807, 2.05) is 37.3 Å². The molecule has 1 aromatic heterocycles. The van der Waals surface area contributed by atoms with Gasteiger partial charge >= 0.3 is 5.97 Å². The summed E-state index contributed by atoms with van der Waals surface area (Å²) in [7, 11) is 3.24. The van der Waals surface area contributed by atoms with Gasteiger partial charge in [0, 0.05) is 16.6 Å². The monoisotopic (exact) mass is 487 g/mol. The van der Waals surface area contributed by atoms with Crippen LogP contribution in [0, 0.1) is 6.92 Å². The molecule has 1 N–H and O–H groups in total. The zero-order valence-corrected chi connectivity index (χ0v) is 20.6. The molecule has 0 amide bonds. The maximum absolute atomic E-state index is 13.3. The van der Waals surface area contributed by atoms with Crippen LogP contribution in [0.2, 0.25) is 0 Å². The molecule has 186 valence electrons. The van der Waals surface area contributed by atoms with Crippen molar-refractivity contribution in [3.63, 3.8) is 0 Å². The van der Waals surface area contributed by atoms with E-state index in [-0.39, 0.29) is 12.3 Å². The number of benzene rings is 3. The standard InChI is InChI=1S/C29H29NO6/c1-19-16-24-22(18-28(31)32)7-4-8-25(24)30(19)29(33)21-10-12-23(13-11-21)36-15-5-6-20-9-14-26(34-2)27(17-20)35-3/h4,7-14,16-17H,5-6,15,18H2,1-3H3,(H,31,32). The molecule has 1 heterocycles. The second kappa shape index (κ2) is 11.0. The summed E-state index contributed by atoms with van der Waals surface area (Å²) in [6, 6.07) is 20.2. The van der Waals surface area contributed by atoms with E-state index >= 15 is 0 Å². The highest BCUT2D eigenvalue weighted by Gasteiger charge is 2.17. The van der Waals surface area contributed by atoms with Crippen molar-refractivity contribution >= 4 is 22.8 Å². The molecule has 0 bridgehead atoms. The smallest absolute Gasteiger partial charge is 0.307 e. The molecule has 0 atom stereocenters. The molecule has 0 saturated heterocycles. The number of carboxylic acid groups (broad SMARTS) is 1. The highest BCUT2D eigenvalue weighted by molar-refractivity contribution is 6.04. The highest BCUT2D eigenvalue weighted by atomic mass is 16.5. The van der Waals surface area contributed by atoms with Gasteiger partial charge in [-0.2, -0.15) is 0 Å². The molecular weight excluding hydrogens is 458 g/mol. The number of aromatic nitrogens is 1. The number of aliphatic carboxylic acids is 1. The Morgan fingerprint density at radius 3 is 2.36 bits per heavy atom. The van der Waals surface area contributed by atoms with Gasteiger partial charge in [-0.05, 0) is 79.4 Å². The van der Waals surface area contributed by atoms with E-state index in [9.17, 15) is 14.7 Å². The number of methoxy groups -OCH3 is 2. The molecule has 0 aliphatic heterocycles. The average Bonchev–Trinajstić information content (AvgIpc) is 3.22. The zero-order valence-electron chi connectivity index (χ0n) is 20.6. The summed E-state index contributed by atoms with van der Waals surface area (Å²) in [6.07, 6.45) is 1.57. The van der Waals surface area contributed by atoms with Gasteiger partial charge in [0.15, 0.2) is 11.5 Å². The van der Waals surface area contributed by atoms with Crippen LogP contribution in [0.4, 0.5) is 0 Å². The Morgan fingerprint density at radius 1 is 0.917 bits per heavy atom. The molecule has 4 aromatic rings. The minimum atomic E-state index is -0.904. The molecular formula is C29H29NO6. The largest absolute Gasteiger partial charge is 0.494 e. The van der Waals surface area contributed by atoms with Gasteiger partial charge in [-0.3, -0.25) is 14.2 Å². The first-order chi connectivity index (χ1) is 17.4. The lowest BCUT2D eigenvalue weighted by atomic mass is 10.1. The van der Waals surface area contributed by atoms with Crippen LogP contribution >= 0.6 is 0 Å². The van der Waals surface area contributed by atoms with Crippen molar-refractivity contribution in [2.45, 2.75) is 26.2 Å². The van der Waals surface area contributed by atoms with Crippen molar-refractivity contribution in [1.82, 2.24) is 4.57 Å². The van der Waals surface area contributed by atoms with E-state index in [2.05, 4.69) is 0 Å². The number of ether oxygens (including phenoxy) is 3. The third kappa shape index (κ3) is 5.35. The Labute approximate surface area is 209 Å². The first-order valence-corrected chi connectivity index (χ1v) is 11.7. The molecule has 0 radical (unpaired) electrons. The molecule has 0 spiro atoms. The van der Waals surface area contributed by atoms with Crippen molar-refractivity contribution in [3.8, 4) is 17.2 Å². The zero-order chi connectivity index (χ0) is 25.7. The summed E-state index contributed by atoms with van der Waals surface area (Å²) in [4.78, 5) is 24.5. The van der Waals surface area contributed by atoms with Gasteiger partial charge in [-0.1, -0.05) is 18.2 Å². The van der Waals surface area contributed by atoms with Crippen LogP contribution < -0.4 is 14.2 Å². The molecule has 36 heavy (non-hydrogen) atoms. The number of carbonyl (C=O) groups is 2. The molecule has 4 rings (SSSR count). The normalized spacial score (nSPS) is 10.9. The first-order valence-electron chi connectivity index (χ1n) is 11.7. The number of aryl methyl sites for hydroxylation is 2. The Morgan fingerprint density at radius 2 is 1.67 bits per heavy atom. The average molecular weight is 488 g/mol. The predicted octanol–water partition coefficient (Wildman–Crippen LogP) is 5.29. The molecule has 0 fully saturated rings. The van der Waals surface area contributed by atoms with E-state index in [1.165, 1.54) is 0 Å². The van der Waals surface area contributed by atoms with Gasteiger partial charge in [-0.15, -0.1) is 0 Å². The third-order valence-electron chi connectivity index (χ3n) is 6.09. The minimum absolute atomic E-state index is 0.0902. The maximum Gasteiger partial charge on any atom is 0.307 e. The number of nitrogens with zero attached hydrogens (tertiary/aromatic N) is 1. The lowest BCUT2D eigenvalue weighted by Crippen LogP contribution is -2.13.